The number of para-hydroxylation sites is 1. The first-order valence-corrected chi connectivity index (χ1v) is 10.5. The predicted molar refractivity (Wildman–Crippen MR) is 116 cm³/mol. The Kier molecular flexibility index (Phi) is 5.80. The molecule has 0 spiro atoms. The molecule has 1 heterocycles. The average molecular weight is 454 g/mol. The van der Waals surface area contributed by atoms with Gasteiger partial charge in [-0.2, -0.15) is 5.01 Å². The summed E-state index contributed by atoms with van der Waals surface area (Å²) in [6.45, 7) is 1.71. The molecule has 1 aliphatic carbocycles. The topological polar surface area (TPSA) is 101 Å². The second-order valence-corrected chi connectivity index (χ2v) is 8.33. The number of nitro benzene ring substituents is 1. The smallest absolute Gasteiger partial charge is 0.272 e. The molecule has 2 aromatic rings. The van der Waals surface area contributed by atoms with E-state index < -0.39 is 40.2 Å². The van der Waals surface area contributed by atoms with Gasteiger partial charge in [0.1, 0.15) is 5.56 Å². The first-order chi connectivity index (χ1) is 15.3. The number of carbonyl (C=O) groups is 3. The summed E-state index contributed by atoms with van der Waals surface area (Å²) in [4.78, 5) is 50.9. The summed E-state index contributed by atoms with van der Waals surface area (Å²) in [5.74, 6) is -2.89. The van der Waals surface area contributed by atoms with Gasteiger partial charge in [0.15, 0.2) is 0 Å². The van der Waals surface area contributed by atoms with Gasteiger partial charge in [-0.05, 0) is 37.5 Å². The molecule has 1 fully saturated rings. The molecule has 1 aliphatic heterocycles. The molecule has 2 aliphatic rings. The number of nitro groups is 1. The van der Waals surface area contributed by atoms with Crippen molar-refractivity contribution in [2.45, 2.75) is 26.3 Å². The second-order valence-electron chi connectivity index (χ2n) is 7.92. The Labute approximate surface area is 189 Å². The number of carbonyl (C=O) groups excluding carboxylic acids is 3. The van der Waals surface area contributed by atoms with Crippen molar-refractivity contribution < 1.29 is 19.3 Å². The second kappa shape index (κ2) is 8.55. The lowest BCUT2D eigenvalue weighted by molar-refractivity contribution is -0.385. The van der Waals surface area contributed by atoms with Crippen LogP contribution < -0.4 is 0 Å². The van der Waals surface area contributed by atoms with Crippen molar-refractivity contribution in [3.8, 4) is 0 Å². The molecule has 9 heteroatoms. The van der Waals surface area contributed by atoms with E-state index in [1.165, 1.54) is 24.3 Å². The zero-order valence-electron chi connectivity index (χ0n) is 17.2. The number of halogens is 1. The molecule has 1 saturated heterocycles. The number of hydrogen-bond acceptors (Lipinski definition) is 5. The van der Waals surface area contributed by atoms with Crippen LogP contribution in [0.4, 0.5) is 5.69 Å². The highest BCUT2D eigenvalue weighted by Crippen LogP contribution is 2.39. The molecule has 4 rings (SSSR count). The fraction of sp³-hybridized carbons (Fsp3) is 0.261. The minimum atomic E-state index is -0.817. The van der Waals surface area contributed by atoms with E-state index in [0.717, 1.165) is 15.6 Å². The Balaban J connectivity index is 1.78. The quantitative estimate of drug-likeness (QED) is 0.293. The standard InChI is InChI=1S/C23H20ClN3O5/c1-14-10-11-16-18(12-14)23(30)26(22(16)29)25(13-15-6-2-4-8-19(15)24)21(28)17-7-3-5-9-20(17)27(31)32/h2-10,16,18H,11-13H2,1H3/t16-,18+/m0/s1. The number of imide groups is 1. The summed E-state index contributed by atoms with van der Waals surface area (Å²) in [7, 11) is 0. The van der Waals surface area contributed by atoms with E-state index in [1.807, 2.05) is 13.0 Å². The van der Waals surface area contributed by atoms with E-state index in [9.17, 15) is 24.5 Å². The molecule has 0 saturated carbocycles. The van der Waals surface area contributed by atoms with E-state index in [0.29, 0.717) is 23.4 Å². The molecule has 0 aromatic heterocycles. The van der Waals surface area contributed by atoms with Gasteiger partial charge < -0.3 is 0 Å². The third-order valence-corrected chi connectivity index (χ3v) is 6.25. The number of amides is 3. The Morgan fingerprint density at radius 3 is 2.50 bits per heavy atom. The maximum atomic E-state index is 13.6. The molecule has 8 nitrogen and oxygen atoms in total. The van der Waals surface area contributed by atoms with Gasteiger partial charge in [0.25, 0.3) is 23.4 Å². The van der Waals surface area contributed by atoms with Crippen LogP contribution in [-0.2, 0) is 16.1 Å². The van der Waals surface area contributed by atoms with Gasteiger partial charge in [-0.25, -0.2) is 5.01 Å². The van der Waals surface area contributed by atoms with E-state index >= 15 is 0 Å². The Hall–Kier alpha value is -3.52. The number of hydrazine groups is 1. The first-order valence-electron chi connectivity index (χ1n) is 10.1. The normalized spacial score (nSPS) is 20.1. The van der Waals surface area contributed by atoms with Crippen LogP contribution >= 0.6 is 11.6 Å². The van der Waals surface area contributed by atoms with Gasteiger partial charge in [0, 0.05) is 11.1 Å². The van der Waals surface area contributed by atoms with Crippen LogP contribution in [0.2, 0.25) is 5.02 Å². The van der Waals surface area contributed by atoms with E-state index in [1.54, 1.807) is 24.3 Å². The molecule has 164 valence electrons. The lowest BCUT2D eigenvalue weighted by Gasteiger charge is -2.30. The number of nitrogens with zero attached hydrogens (tertiary/aromatic N) is 3. The summed E-state index contributed by atoms with van der Waals surface area (Å²) in [5, 5.41) is 13.7. The Morgan fingerprint density at radius 1 is 1.12 bits per heavy atom. The molecule has 0 bridgehead atoms. The maximum absolute atomic E-state index is 13.6. The highest BCUT2D eigenvalue weighted by molar-refractivity contribution is 6.31. The molecule has 0 radical (unpaired) electrons. The Morgan fingerprint density at radius 2 is 1.78 bits per heavy atom. The summed E-state index contributed by atoms with van der Waals surface area (Å²) in [6, 6.07) is 12.2. The van der Waals surface area contributed by atoms with Crippen molar-refractivity contribution in [2.24, 2.45) is 11.8 Å². The van der Waals surface area contributed by atoms with Crippen molar-refractivity contribution >= 4 is 35.0 Å². The van der Waals surface area contributed by atoms with Gasteiger partial charge in [-0.3, -0.25) is 24.5 Å². The number of fused-ring (bicyclic) bond motifs is 1. The molecular weight excluding hydrogens is 434 g/mol. The lowest BCUT2D eigenvalue weighted by atomic mass is 9.82. The molecule has 2 aromatic carbocycles. The molecule has 0 unspecified atom stereocenters. The predicted octanol–water partition coefficient (Wildman–Crippen LogP) is 4.15. The number of allylic oxidation sites excluding steroid dienone is 2. The lowest BCUT2D eigenvalue weighted by Crippen LogP contribution is -2.50. The van der Waals surface area contributed by atoms with Gasteiger partial charge in [-0.1, -0.05) is 53.6 Å². The van der Waals surface area contributed by atoms with Gasteiger partial charge in [-0.15, -0.1) is 0 Å². The van der Waals surface area contributed by atoms with Gasteiger partial charge >= 0.3 is 0 Å². The number of rotatable bonds is 5. The fourth-order valence-corrected chi connectivity index (χ4v) is 4.43. The fourth-order valence-electron chi connectivity index (χ4n) is 4.23. The van der Waals surface area contributed by atoms with Crippen LogP contribution in [0.5, 0.6) is 0 Å². The van der Waals surface area contributed by atoms with Crippen LogP contribution in [0.1, 0.15) is 35.7 Å². The minimum absolute atomic E-state index is 0.187. The van der Waals surface area contributed by atoms with Crippen molar-refractivity contribution in [1.29, 1.82) is 0 Å². The zero-order valence-corrected chi connectivity index (χ0v) is 18.0. The Bertz CT molecular complexity index is 1160. The number of hydrogen-bond donors (Lipinski definition) is 0. The van der Waals surface area contributed by atoms with Gasteiger partial charge in [0.05, 0.1) is 23.3 Å². The summed E-state index contributed by atoms with van der Waals surface area (Å²) in [5.41, 5.74) is 0.896. The largest absolute Gasteiger partial charge is 0.282 e. The van der Waals surface area contributed by atoms with Crippen LogP contribution in [0.3, 0.4) is 0 Å². The minimum Gasteiger partial charge on any atom is -0.272 e. The summed E-state index contributed by atoms with van der Waals surface area (Å²) in [6.07, 6.45) is 2.78. The maximum Gasteiger partial charge on any atom is 0.282 e. The van der Waals surface area contributed by atoms with E-state index in [4.69, 9.17) is 11.6 Å². The highest BCUT2D eigenvalue weighted by atomic mass is 35.5. The third-order valence-electron chi connectivity index (χ3n) is 5.88. The first kappa shape index (κ1) is 21.7. The van der Waals surface area contributed by atoms with Crippen molar-refractivity contribution in [1.82, 2.24) is 10.0 Å². The van der Waals surface area contributed by atoms with Crippen molar-refractivity contribution in [3.05, 3.63) is 86.4 Å². The van der Waals surface area contributed by atoms with E-state index in [-0.39, 0.29) is 12.1 Å². The summed E-state index contributed by atoms with van der Waals surface area (Å²) < 4.78 is 0. The number of benzene rings is 2. The monoisotopic (exact) mass is 453 g/mol. The van der Waals surface area contributed by atoms with Crippen molar-refractivity contribution in [2.75, 3.05) is 0 Å². The van der Waals surface area contributed by atoms with E-state index in [2.05, 4.69) is 0 Å². The molecule has 0 N–H and O–H groups in total. The SMILES string of the molecule is CC1=CC[C@@H]2C(=O)N(N(Cc3ccccc3Cl)C(=O)c3ccccc3[N+](=O)[O-])C(=O)[C@@H]2C1. The molecule has 32 heavy (non-hydrogen) atoms. The highest BCUT2D eigenvalue weighted by Gasteiger charge is 2.51. The summed E-state index contributed by atoms with van der Waals surface area (Å²) >= 11 is 6.28. The van der Waals surface area contributed by atoms with Crippen LogP contribution in [0.25, 0.3) is 0 Å². The van der Waals surface area contributed by atoms with Crippen LogP contribution in [0, 0.1) is 22.0 Å². The zero-order chi connectivity index (χ0) is 23.0. The molecule has 3 amide bonds. The molecule has 2 atom stereocenters. The van der Waals surface area contributed by atoms with Crippen LogP contribution in [0.15, 0.2) is 60.2 Å². The third kappa shape index (κ3) is 3.78. The molecular formula is C23H20ClN3O5. The van der Waals surface area contributed by atoms with Crippen LogP contribution in [-0.4, -0.2) is 32.7 Å². The average Bonchev–Trinajstić information content (AvgIpc) is 3.02. The van der Waals surface area contributed by atoms with Gasteiger partial charge in [0.2, 0.25) is 0 Å². The van der Waals surface area contributed by atoms with Crippen molar-refractivity contribution in [3.63, 3.8) is 0 Å².